The first-order valence-electron chi connectivity index (χ1n) is 7.53. The zero-order valence-electron chi connectivity index (χ0n) is 13.6. The first-order chi connectivity index (χ1) is 11.3. The first kappa shape index (κ1) is 16.7. The van der Waals surface area contributed by atoms with Gasteiger partial charge in [-0.25, -0.2) is 8.42 Å². The third kappa shape index (κ3) is 2.97. The van der Waals surface area contributed by atoms with E-state index in [9.17, 15) is 13.2 Å². The molecule has 0 aliphatic carbocycles. The summed E-state index contributed by atoms with van der Waals surface area (Å²) in [7, 11) is -3.71. The highest BCUT2D eigenvalue weighted by atomic mass is 32.2. The minimum Gasteiger partial charge on any atom is -0.296 e. The third-order valence-corrected chi connectivity index (χ3v) is 6.08. The van der Waals surface area contributed by atoms with Gasteiger partial charge in [0.15, 0.2) is 0 Å². The van der Waals surface area contributed by atoms with Crippen molar-refractivity contribution < 1.29 is 8.42 Å². The molecule has 24 heavy (non-hydrogen) atoms. The van der Waals surface area contributed by atoms with Gasteiger partial charge in [0.2, 0.25) is 0 Å². The molecule has 3 aromatic rings. The summed E-state index contributed by atoms with van der Waals surface area (Å²) in [6.07, 6.45) is 0. The lowest BCUT2D eigenvalue weighted by Crippen LogP contribution is -2.15. The van der Waals surface area contributed by atoms with Crippen LogP contribution in [0.3, 0.4) is 0 Å². The number of nitrogens with zero attached hydrogens (tertiary/aromatic N) is 1. The summed E-state index contributed by atoms with van der Waals surface area (Å²) in [6.45, 7) is 5.70. The van der Waals surface area contributed by atoms with E-state index in [-0.39, 0.29) is 15.8 Å². The van der Waals surface area contributed by atoms with E-state index in [1.54, 1.807) is 28.8 Å². The molecule has 7 heteroatoms. The minimum atomic E-state index is -3.71. The number of aryl methyl sites for hydroxylation is 1. The lowest BCUT2D eigenvalue weighted by atomic mass is 10.2. The minimum absolute atomic E-state index is 0.0267. The van der Waals surface area contributed by atoms with Gasteiger partial charge in [0, 0.05) is 6.04 Å². The second-order valence-electron chi connectivity index (χ2n) is 5.88. The van der Waals surface area contributed by atoms with Crippen molar-refractivity contribution >= 4 is 37.3 Å². The number of nitrogens with one attached hydrogen (secondary N) is 1. The van der Waals surface area contributed by atoms with Crippen molar-refractivity contribution in [2.24, 2.45) is 0 Å². The summed E-state index contributed by atoms with van der Waals surface area (Å²) < 4.78 is 30.2. The summed E-state index contributed by atoms with van der Waals surface area (Å²) >= 11 is 1.06. The van der Waals surface area contributed by atoms with Crippen molar-refractivity contribution in [2.75, 3.05) is 4.72 Å². The second kappa shape index (κ2) is 6.07. The molecule has 0 atom stereocenters. The molecule has 0 unspecified atom stereocenters. The Bertz CT molecular complexity index is 1060. The fraction of sp³-hybridized carbons (Fsp3) is 0.235. The molecule has 0 fully saturated rings. The number of benzene rings is 2. The maximum atomic E-state index is 12.6. The molecule has 0 saturated heterocycles. The largest absolute Gasteiger partial charge is 0.308 e. The maximum absolute atomic E-state index is 12.6. The summed E-state index contributed by atoms with van der Waals surface area (Å²) in [5.74, 6) is 0. The maximum Gasteiger partial charge on any atom is 0.308 e. The smallest absolute Gasteiger partial charge is 0.296 e. The number of rotatable bonds is 4. The Kier molecular flexibility index (Phi) is 4.23. The van der Waals surface area contributed by atoms with Crippen LogP contribution in [0.5, 0.6) is 0 Å². The van der Waals surface area contributed by atoms with Gasteiger partial charge in [-0.3, -0.25) is 14.1 Å². The van der Waals surface area contributed by atoms with Crippen LogP contribution < -0.4 is 9.60 Å². The molecule has 0 saturated carbocycles. The van der Waals surface area contributed by atoms with Crippen LogP contribution in [0.4, 0.5) is 5.69 Å². The van der Waals surface area contributed by atoms with Gasteiger partial charge in [0.05, 0.1) is 20.8 Å². The molecule has 3 rings (SSSR count). The van der Waals surface area contributed by atoms with Gasteiger partial charge >= 0.3 is 4.87 Å². The topological polar surface area (TPSA) is 68.2 Å². The second-order valence-corrected chi connectivity index (χ2v) is 8.56. The Morgan fingerprint density at radius 2 is 1.83 bits per heavy atom. The first-order valence-corrected chi connectivity index (χ1v) is 9.83. The van der Waals surface area contributed by atoms with Crippen LogP contribution in [0.25, 0.3) is 10.2 Å². The average molecular weight is 362 g/mol. The van der Waals surface area contributed by atoms with Gasteiger partial charge in [-0.1, -0.05) is 29.5 Å². The van der Waals surface area contributed by atoms with Crippen molar-refractivity contribution in [3.63, 3.8) is 0 Å². The van der Waals surface area contributed by atoms with Gasteiger partial charge in [-0.15, -0.1) is 0 Å². The molecule has 0 bridgehead atoms. The molecule has 5 nitrogen and oxygen atoms in total. The average Bonchev–Trinajstić information content (AvgIpc) is 2.84. The van der Waals surface area contributed by atoms with Gasteiger partial charge in [-0.2, -0.15) is 0 Å². The zero-order chi connectivity index (χ0) is 17.5. The van der Waals surface area contributed by atoms with Crippen molar-refractivity contribution in [1.82, 2.24) is 4.57 Å². The van der Waals surface area contributed by atoms with Crippen LogP contribution in [0.2, 0.25) is 0 Å². The highest BCUT2D eigenvalue weighted by Crippen LogP contribution is 2.25. The van der Waals surface area contributed by atoms with Crippen LogP contribution in [-0.2, 0) is 10.0 Å². The molecule has 1 aromatic heterocycles. The van der Waals surface area contributed by atoms with E-state index in [1.165, 1.54) is 6.07 Å². The van der Waals surface area contributed by atoms with Crippen LogP contribution in [0.15, 0.2) is 52.2 Å². The highest BCUT2D eigenvalue weighted by Gasteiger charge is 2.18. The summed E-state index contributed by atoms with van der Waals surface area (Å²) in [6, 6.07) is 12.0. The lowest BCUT2D eigenvalue weighted by Gasteiger charge is -2.11. The number of aromatic nitrogens is 1. The molecule has 0 spiro atoms. The molecule has 0 radical (unpaired) electrons. The summed E-state index contributed by atoms with van der Waals surface area (Å²) in [5, 5.41) is 0. The fourth-order valence-electron chi connectivity index (χ4n) is 2.56. The molecule has 1 heterocycles. The Balaban J connectivity index is 2.06. The number of hydrogen-bond acceptors (Lipinski definition) is 4. The molecule has 0 aliphatic rings. The van der Waals surface area contributed by atoms with E-state index < -0.39 is 10.0 Å². The van der Waals surface area contributed by atoms with E-state index in [1.807, 2.05) is 32.9 Å². The Morgan fingerprint density at radius 3 is 2.50 bits per heavy atom. The predicted octanol–water partition coefficient (Wildman–Crippen LogP) is 3.75. The van der Waals surface area contributed by atoms with Crippen LogP contribution in [0, 0.1) is 6.92 Å². The van der Waals surface area contributed by atoms with E-state index in [0.29, 0.717) is 10.4 Å². The van der Waals surface area contributed by atoms with Crippen LogP contribution >= 0.6 is 11.3 Å². The van der Waals surface area contributed by atoms with E-state index >= 15 is 0 Å². The van der Waals surface area contributed by atoms with Crippen molar-refractivity contribution in [1.29, 1.82) is 0 Å². The molecule has 2 aromatic carbocycles. The number of thiazole rings is 1. The highest BCUT2D eigenvalue weighted by molar-refractivity contribution is 7.92. The monoisotopic (exact) mass is 362 g/mol. The fourth-order valence-corrected chi connectivity index (χ4v) is 4.85. The van der Waals surface area contributed by atoms with Crippen LogP contribution in [-0.4, -0.2) is 13.0 Å². The van der Waals surface area contributed by atoms with Gasteiger partial charge in [-0.05, 0) is 50.6 Å². The Morgan fingerprint density at radius 1 is 1.12 bits per heavy atom. The summed E-state index contributed by atoms with van der Waals surface area (Å²) in [5.41, 5.74) is 2.15. The molecule has 0 aliphatic heterocycles. The van der Waals surface area contributed by atoms with E-state index in [0.717, 1.165) is 22.4 Å². The zero-order valence-corrected chi connectivity index (χ0v) is 15.2. The standard InChI is InChI=1S/C17H18N2O3S2/c1-11(2)19-15-9-8-13(10-16(15)23-17(19)20)24(21,22)18-14-7-5-4-6-12(14)3/h4-11,18H,1-3H3. The molecule has 0 amide bonds. The predicted molar refractivity (Wildman–Crippen MR) is 98.5 cm³/mol. The van der Waals surface area contributed by atoms with E-state index in [4.69, 9.17) is 0 Å². The van der Waals surface area contributed by atoms with Crippen molar-refractivity contribution in [3.8, 4) is 0 Å². The third-order valence-electron chi connectivity index (χ3n) is 3.80. The van der Waals surface area contributed by atoms with Crippen molar-refractivity contribution in [3.05, 3.63) is 57.7 Å². The summed E-state index contributed by atoms with van der Waals surface area (Å²) in [4.78, 5) is 12.2. The van der Waals surface area contributed by atoms with E-state index in [2.05, 4.69) is 4.72 Å². The van der Waals surface area contributed by atoms with Crippen LogP contribution in [0.1, 0.15) is 25.5 Å². The van der Waals surface area contributed by atoms with Gasteiger partial charge in [0.1, 0.15) is 0 Å². The van der Waals surface area contributed by atoms with Gasteiger partial charge < -0.3 is 0 Å². The number of anilines is 1. The van der Waals surface area contributed by atoms with Crippen molar-refractivity contribution in [2.45, 2.75) is 31.7 Å². The van der Waals surface area contributed by atoms with Gasteiger partial charge in [0.25, 0.3) is 10.0 Å². The Labute approximate surface area is 144 Å². The quantitative estimate of drug-likeness (QED) is 0.768. The molecule has 126 valence electrons. The number of fused-ring (bicyclic) bond motifs is 1. The number of para-hydroxylation sites is 1. The number of hydrogen-bond donors (Lipinski definition) is 1. The molecule has 1 N–H and O–H groups in total. The Hall–Kier alpha value is -2.12. The number of sulfonamides is 1. The molecular weight excluding hydrogens is 344 g/mol. The normalized spacial score (nSPS) is 12.0. The lowest BCUT2D eigenvalue weighted by molar-refractivity contribution is 0.601. The molecular formula is C17H18N2O3S2. The SMILES string of the molecule is Cc1ccccc1NS(=O)(=O)c1ccc2c(c1)sc(=O)n2C(C)C.